The number of ether oxygens (including phenoxy) is 1. The Labute approximate surface area is 258 Å². The van der Waals surface area contributed by atoms with Gasteiger partial charge in [-0.1, -0.05) is 36.4 Å². The number of primary sulfonamides is 1. The van der Waals surface area contributed by atoms with Gasteiger partial charge in [0, 0.05) is 28.4 Å². The molecule has 2 aromatic heterocycles. The molecule has 44 heavy (non-hydrogen) atoms. The van der Waals surface area contributed by atoms with Crippen LogP contribution in [0.5, 0.6) is 0 Å². The second-order valence-corrected chi connectivity index (χ2v) is 13.7. The average Bonchev–Trinajstić information content (AvgIpc) is 3.63. The molecule has 2 heterocycles. The van der Waals surface area contributed by atoms with E-state index in [2.05, 4.69) is 9.55 Å². The summed E-state index contributed by atoms with van der Waals surface area (Å²) in [7, 11) is -2.90. The summed E-state index contributed by atoms with van der Waals surface area (Å²) in [5, 5.41) is 5.86. The van der Waals surface area contributed by atoms with Crippen molar-refractivity contribution in [3.05, 3.63) is 106 Å². The van der Waals surface area contributed by atoms with Gasteiger partial charge in [0.2, 0.25) is 10.0 Å². The highest BCUT2D eigenvalue weighted by molar-refractivity contribution is 7.89. The van der Waals surface area contributed by atoms with E-state index in [-0.39, 0.29) is 18.1 Å². The zero-order valence-corrected chi connectivity index (χ0v) is 25.6. The molecule has 1 aliphatic carbocycles. The van der Waals surface area contributed by atoms with Gasteiger partial charge in [0.15, 0.2) is 5.69 Å². The first kappa shape index (κ1) is 29.9. The van der Waals surface area contributed by atoms with Crippen molar-refractivity contribution in [1.29, 1.82) is 0 Å². The van der Waals surface area contributed by atoms with Crippen LogP contribution >= 0.6 is 11.3 Å². The second kappa shape index (κ2) is 11.7. The Hall–Kier alpha value is -4.19. The first-order valence-corrected chi connectivity index (χ1v) is 16.3. The van der Waals surface area contributed by atoms with Crippen LogP contribution in [-0.2, 0) is 27.7 Å². The van der Waals surface area contributed by atoms with Crippen LogP contribution in [0.25, 0.3) is 33.0 Å². The van der Waals surface area contributed by atoms with Crippen molar-refractivity contribution in [2.45, 2.75) is 37.6 Å². The predicted molar refractivity (Wildman–Crippen MR) is 166 cm³/mol. The molecule has 0 bridgehead atoms. The topological polar surface area (TPSA) is 104 Å². The second-order valence-electron chi connectivity index (χ2n) is 10.9. The van der Waals surface area contributed by atoms with Gasteiger partial charge in [0.1, 0.15) is 21.5 Å². The summed E-state index contributed by atoms with van der Waals surface area (Å²) >= 11 is 1.40. The van der Waals surface area contributed by atoms with E-state index >= 15 is 0 Å². The zero-order valence-electron chi connectivity index (χ0n) is 24.0. The lowest BCUT2D eigenvalue weighted by atomic mass is 10.0. The van der Waals surface area contributed by atoms with Gasteiger partial charge in [-0.25, -0.2) is 32.1 Å². The number of halogens is 2. The van der Waals surface area contributed by atoms with Gasteiger partial charge in [0.05, 0.1) is 7.11 Å². The van der Waals surface area contributed by atoms with Crippen LogP contribution in [0, 0.1) is 24.5 Å². The summed E-state index contributed by atoms with van der Waals surface area (Å²) in [5.41, 5.74) is 5.84. The molecule has 0 unspecified atom stereocenters. The molecule has 0 atom stereocenters. The molecule has 0 aliphatic heterocycles. The molecule has 226 valence electrons. The van der Waals surface area contributed by atoms with Crippen LogP contribution < -0.4 is 5.14 Å². The first-order chi connectivity index (χ1) is 21.0. The van der Waals surface area contributed by atoms with Crippen molar-refractivity contribution < 1.29 is 26.7 Å². The molecule has 11 heteroatoms. The van der Waals surface area contributed by atoms with Gasteiger partial charge in [0.25, 0.3) is 0 Å². The van der Waals surface area contributed by atoms with E-state index in [0.717, 1.165) is 57.8 Å². The minimum absolute atomic E-state index is 0.234. The maximum Gasteiger partial charge on any atom is 0.357 e. The van der Waals surface area contributed by atoms with Gasteiger partial charge in [-0.15, -0.1) is 11.3 Å². The minimum Gasteiger partial charge on any atom is -0.464 e. The first-order valence-electron chi connectivity index (χ1n) is 14.0. The van der Waals surface area contributed by atoms with Crippen molar-refractivity contribution in [2.24, 2.45) is 11.1 Å². The third kappa shape index (κ3) is 6.08. The highest BCUT2D eigenvalue weighted by atomic mass is 32.2. The van der Waals surface area contributed by atoms with E-state index in [0.29, 0.717) is 16.5 Å². The molecule has 3 aromatic carbocycles. The normalized spacial score (nSPS) is 13.3. The molecule has 1 saturated carbocycles. The van der Waals surface area contributed by atoms with E-state index in [1.807, 2.05) is 43.3 Å². The van der Waals surface area contributed by atoms with Crippen LogP contribution in [-0.4, -0.2) is 31.0 Å². The van der Waals surface area contributed by atoms with Gasteiger partial charge < -0.3 is 9.30 Å². The van der Waals surface area contributed by atoms with Crippen molar-refractivity contribution >= 4 is 27.3 Å². The Bertz CT molecular complexity index is 2010. The quantitative estimate of drug-likeness (QED) is 0.177. The monoisotopic (exact) mass is 633 g/mol. The number of aromatic nitrogens is 2. The molecular formula is C33H29F2N3O4S2. The summed E-state index contributed by atoms with van der Waals surface area (Å²) < 4.78 is 59.8. The number of carbonyl (C=O) groups excluding carboxylic acids is 1. The molecular weight excluding hydrogens is 605 g/mol. The molecule has 0 saturated heterocycles. The highest BCUT2D eigenvalue weighted by Crippen LogP contribution is 2.42. The van der Waals surface area contributed by atoms with E-state index in [9.17, 15) is 22.0 Å². The van der Waals surface area contributed by atoms with E-state index in [4.69, 9.17) is 9.88 Å². The summed E-state index contributed by atoms with van der Waals surface area (Å²) in [5.74, 6) is -1.30. The molecule has 7 nitrogen and oxygen atoms in total. The van der Waals surface area contributed by atoms with E-state index in [1.54, 1.807) is 12.1 Å². The number of nitrogens with zero attached hydrogens (tertiary/aromatic N) is 2. The Kier molecular flexibility index (Phi) is 7.95. The highest BCUT2D eigenvalue weighted by Gasteiger charge is 2.29. The third-order valence-corrected chi connectivity index (χ3v) is 9.70. The fourth-order valence-electron chi connectivity index (χ4n) is 5.39. The van der Waals surface area contributed by atoms with E-state index in [1.165, 1.54) is 42.7 Å². The summed E-state index contributed by atoms with van der Waals surface area (Å²) in [6.07, 6.45) is 2.90. The van der Waals surface area contributed by atoms with Crippen LogP contribution in [0.4, 0.5) is 8.78 Å². The van der Waals surface area contributed by atoms with Gasteiger partial charge in [-0.3, -0.25) is 0 Å². The number of thiazole rings is 1. The van der Waals surface area contributed by atoms with Crippen LogP contribution in [0.2, 0.25) is 0 Å². The Balaban J connectivity index is 1.54. The van der Waals surface area contributed by atoms with Gasteiger partial charge in [-0.2, -0.15) is 0 Å². The number of carbonyl (C=O) groups is 1. The van der Waals surface area contributed by atoms with Crippen LogP contribution in [0.1, 0.15) is 39.5 Å². The zero-order chi connectivity index (χ0) is 31.2. The maximum absolute atomic E-state index is 14.9. The smallest absolute Gasteiger partial charge is 0.357 e. The molecule has 0 radical (unpaired) electrons. The molecule has 1 aliphatic rings. The molecule has 0 amide bonds. The van der Waals surface area contributed by atoms with E-state index < -0.39 is 26.7 Å². The Morgan fingerprint density at radius 1 is 1.02 bits per heavy atom. The van der Waals surface area contributed by atoms with Crippen LogP contribution in [0.3, 0.4) is 0 Å². The Morgan fingerprint density at radius 2 is 1.73 bits per heavy atom. The lowest BCUT2D eigenvalue weighted by molar-refractivity contribution is 0.0594. The number of benzene rings is 3. The summed E-state index contributed by atoms with van der Waals surface area (Å²) in [4.78, 5) is 17.2. The lowest BCUT2D eigenvalue weighted by Crippen LogP contribution is -2.14. The Morgan fingerprint density at radius 3 is 2.39 bits per heavy atom. The fraction of sp³-hybridized carbons (Fsp3) is 0.212. The van der Waals surface area contributed by atoms with Crippen molar-refractivity contribution in [1.82, 2.24) is 9.55 Å². The summed E-state index contributed by atoms with van der Waals surface area (Å²) in [6.45, 7) is 2.06. The van der Waals surface area contributed by atoms with Crippen LogP contribution in [0.15, 0.2) is 77.7 Å². The number of hydrogen-bond donors (Lipinski definition) is 1. The SMILES string of the molecule is COC(=O)c1nc(-c2cc(-c3cccc(-c4cccc(F)c4)c3)n(Cc3ccc(S(N)(=O)=O)c(F)c3)c2CC2CC2)sc1C. The standard InChI is InChI=1S/C33H29F2N3O4S2/c1-19-31(33(39)42-2)37-32(43-19)26-17-28(24-7-3-5-22(15-24)23-6-4-8-25(34)16-23)38(29(26)14-20-9-10-20)18-21-11-12-30(27(35)13-21)44(36,40)41/h3-8,11-13,15-17,20H,9-10,14,18H2,1-2H3,(H2,36,40,41). The van der Waals surface area contributed by atoms with Crippen molar-refractivity contribution in [2.75, 3.05) is 7.11 Å². The largest absolute Gasteiger partial charge is 0.464 e. The number of nitrogens with two attached hydrogens (primary N) is 1. The fourth-order valence-corrected chi connectivity index (χ4v) is 6.92. The van der Waals surface area contributed by atoms with Crippen molar-refractivity contribution in [3.63, 3.8) is 0 Å². The number of hydrogen-bond acceptors (Lipinski definition) is 6. The molecule has 2 N–H and O–H groups in total. The average molecular weight is 634 g/mol. The number of sulfonamides is 1. The predicted octanol–water partition coefficient (Wildman–Crippen LogP) is 6.97. The lowest BCUT2D eigenvalue weighted by Gasteiger charge is -2.16. The maximum atomic E-state index is 14.9. The molecule has 1 fully saturated rings. The number of aryl methyl sites for hydroxylation is 1. The third-order valence-electron chi connectivity index (χ3n) is 7.75. The van der Waals surface area contributed by atoms with Gasteiger partial charge in [-0.05, 0) is 90.8 Å². The summed E-state index contributed by atoms with van der Waals surface area (Å²) in [6, 6.07) is 20.1. The molecule has 6 rings (SSSR count). The molecule has 5 aromatic rings. The molecule has 0 spiro atoms. The van der Waals surface area contributed by atoms with Gasteiger partial charge >= 0.3 is 5.97 Å². The number of rotatable bonds is 9. The number of methoxy groups -OCH3 is 1. The van der Waals surface area contributed by atoms with Crippen molar-refractivity contribution in [3.8, 4) is 33.0 Å². The number of esters is 1. The minimum atomic E-state index is -4.22.